The number of rotatable bonds is 4. The van der Waals surface area contributed by atoms with Gasteiger partial charge in [-0.15, -0.1) is 0 Å². The molecule has 1 aromatic carbocycles. The van der Waals surface area contributed by atoms with Gasteiger partial charge < -0.3 is 4.74 Å². The van der Waals surface area contributed by atoms with Crippen LogP contribution in [0.1, 0.15) is 30.1 Å². The lowest BCUT2D eigenvalue weighted by molar-refractivity contribution is 0.0934. The fraction of sp³-hybridized carbons (Fsp3) is 0.385. The first-order valence-electron chi connectivity index (χ1n) is 5.51. The van der Waals surface area contributed by atoms with Gasteiger partial charge in [-0.05, 0) is 38.0 Å². The van der Waals surface area contributed by atoms with E-state index in [0.717, 1.165) is 6.07 Å². The highest BCUT2D eigenvalue weighted by molar-refractivity contribution is 6.04. The molecule has 3 nitrogen and oxygen atoms in total. The van der Waals surface area contributed by atoms with Gasteiger partial charge in [-0.2, -0.15) is 5.26 Å². The van der Waals surface area contributed by atoms with Crippen LogP contribution < -0.4 is 4.74 Å². The van der Waals surface area contributed by atoms with Crippen molar-refractivity contribution in [3.63, 3.8) is 0 Å². The van der Waals surface area contributed by atoms with Crippen molar-refractivity contribution in [1.29, 1.82) is 5.26 Å². The standard InChI is InChI=1S/C13H12FNO2/c1-2-17-11-4-3-9(7-10(11)14)12(16)13(8-15)5-6-13/h3-4,7H,2,5-6H2,1H3. The average molecular weight is 233 g/mol. The van der Waals surface area contributed by atoms with Crippen molar-refractivity contribution < 1.29 is 13.9 Å². The van der Waals surface area contributed by atoms with Gasteiger partial charge in [0.2, 0.25) is 0 Å². The third kappa shape index (κ3) is 2.01. The average Bonchev–Trinajstić information content (AvgIpc) is 3.12. The van der Waals surface area contributed by atoms with Crippen LogP contribution in [0.2, 0.25) is 0 Å². The van der Waals surface area contributed by atoms with Crippen LogP contribution in [0.4, 0.5) is 4.39 Å². The number of carbonyl (C=O) groups is 1. The second kappa shape index (κ2) is 4.17. The molecule has 0 saturated heterocycles. The van der Waals surface area contributed by atoms with Gasteiger partial charge in [0.05, 0.1) is 12.7 Å². The maximum atomic E-state index is 13.5. The highest BCUT2D eigenvalue weighted by atomic mass is 19.1. The Labute approximate surface area is 98.8 Å². The molecule has 4 heteroatoms. The fourth-order valence-electron chi connectivity index (χ4n) is 1.71. The zero-order chi connectivity index (χ0) is 12.5. The molecule has 0 atom stereocenters. The molecule has 0 heterocycles. The monoisotopic (exact) mass is 233 g/mol. The molecule has 17 heavy (non-hydrogen) atoms. The second-order valence-corrected chi connectivity index (χ2v) is 4.10. The number of nitrogens with zero attached hydrogens (tertiary/aromatic N) is 1. The number of ketones is 1. The van der Waals surface area contributed by atoms with Crippen LogP contribution in [0.25, 0.3) is 0 Å². The second-order valence-electron chi connectivity index (χ2n) is 4.10. The summed E-state index contributed by atoms with van der Waals surface area (Å²) in [5.41, 5.74) is -0.662. The van der Waals surface area contributed by atoms with Gasteiger partial charge in [0.25, 0.3) is 0 Å². The Bertz CT molecular complexity index is 501. The van der Waals surface area contributed by atoms with Crippen LogP contribution in [0.15, 0.2) is 18.2 Å². The molecule has 1 aliphatic carbocycles. The first kappa shape index (κ1) is 11.6. The van der Waals surface area contributed by atoms with Crippen LogP contribution in [-0.2, 0) is 0 Å². The first-order chi connectivity index (χ1) is 8.13. The number of nitriles is 1. The van der Waals surface area contributed by atoms with Crippen LogP contribution >= 0.6 is 0 Å². The van der Waals surface area contributed by atoms with Gasteiger partial charge in [-0.1, -0.05) is 0 Å². The van der Waals surface area contributed by atoms with Crippen LogP contribution in [0.3, 0.4) is 0 Å². The summed E-state index contributed by atoms with van der Waals surface area (Å²) in [6.45, 7) is 2.12. The zero-order valence-corrected chi connectivity index (χ0v) is 9.50. The van der Waals surface area contributed by atoms with Crippen LogP contribution in [-0.4, -0.2) is 12.4 Å². The first-order valence-corrected chi connectivity index (χ1v) is 5.51. The molecule has 1 saturated carbocycles. The van der Waals surface area contributed by atoms with E-state index in [4.69, 9.17) is 10.00 Å². The molecule has 0 N–H and O–H groups in total. The van der Waals surface area contributed by atoms with Gasteiger partial charge in [0.15, 0.2) is 17.3 Å². The number of hydrogen-bond donors (Lipinski definition) is 0. The quantitative estimate of drug-likeness (QED) is 0.751. The Balaban J connectivity index is 2.27. The summed E-state index contributed by atoms with van der Waals surface area (Å²) in [6, 6.07) is 6.09. The van der Waals surface area contributed by atoms with Crippen molar-refractivity contribution in [2.45, 2.75) is 19.8 Å². The zero-order valence-electron chi connectivity index (χ0n) is 9.50. The van der Waals surface area contributed by atoms with Crippen molar-refractivity contribution in [3.05, 3.63) is 29.6 Å². The number of carbonyl (C=O) groups excluding carboxylic acids is 1. The van der Waals surface area contributed by atoms with Crippen molar-refractivity contribution in [2.24, 2.45) is 5.41 Å². The number of Topliss-reactive ketones (excluding diaryl/α,β-unsaturated/α-hetero) is 1. The maximum Gasteiger partial charge on any atom is 0.183 e. The lowest BCUT2D eigenvalue weighted by Crippen LogP contribution is -2.14. The number of hydrogen-bond acceptors (Lipinski definition) is 3. The molecule has 0 amide bonds. The summed E-state index contributed by atoms with van der Waals surface area (Å²) in [7, 11) is 0. The Hall–Kier alpha value is -1.89. The molecule has 88 valence electrons. The molecular formula is C13H12FNO2. The van der Waals surface area contributed by atoms with E-state index in [-0.39, 0.29) is 17.1 Å². The third-order valence-electron chi connectivity index (χ3n) is 2.89. The van der Waals surface area contributed by atoms with Crippen molar-refractivity contribution in [2.75, 3.05) is 6.61 Å². The molecule has 0 spiro atoms. The molecule has 1 aromatic rings. The molecule has 0 unspecified atom stereocenters. The number of ether oxygens (including phenoxy) is 1. The van der Waals surface area contributed by atoms with Gasteiger partial charge in [0.1, 0.15) is 5.41 Å². The van der Waals surface area contributed by atoms with E-state index in [1.54, 1.807) is 6.92 Å². The Morgan fingerprint density at radius 2 is 2.29 bits per heavy atom. The SMILES string of the molecule is CCOc1ccc(C(=O)C2(C#N)CC2)cc1F. The molecule has 0 bridgehead atoms. The molecule has 2 rings (SSSR count). The molecule has 1 fully saturated rings. The largest absolute Gasteiger partial charge is 0.491 e. The minimum Gasteiger partial charge on any atom is -0.491 e. The minimum absolute atomic E-state index is 0.130. The van der Waals surface area contributed by atoms with Crippen molar-refractivity contribution >= 4 is 5.78 Å². The molecule has 0 aromatic heterocycles. The fourth-order valence-corrected chi connectivity index (χ4v) is 1.71. The van der Waals surface area contributed by atoms with Gasteiger partial charge in [0, 0.05) is 5.56 Å². The van der Waals surface area contributed by atoms with Gasteiger partial charge >= 0.3 is 0 Å². The lowest BCUT2D eigenvalue weighted by atomic mass is 9.96. The summed E-state index contributed by atoms with van der Waals surface area (Å²) < 4.78 is 18.6. The molecular weight excluding hydrogens is 221 g/mol. The van der Waals surface area contributed by atoms with E-state index in [1.807, 2.05) is 6.07 Å². The Morgan fingerprint density at radius 3 is 2.76 bits per heavy atom. The Morgan fingerprint density at radius 1 is 1.59 bits per heavy atom. The topological polar surface area (TPSA) is 50.1 Å². The van der Waals surface area contributed by atoms with E-state index in [0.29, 0.717) is 19.4 Å². The van der Waals surface area contributed by atoms with Crippen molar-refractivity contribution in [1.82, 2.24) is 0 Å². The molecule has 1 aliphatic rings. The highest BCUT2D eigenvalue weighted by Gasteiger charge is 2.50. The normalized spacial score (nSPS) is 16.1. The minimum atomic E-state index is -0.903. The smallest absolute Gasteiger partial charge is 0.183 e. The summed E-state index contributed by atoms with van der Waals surface area (Å²) in [5.74, 6) is -0.723. The lowest BCUT2D eigenvalue weighted by Gasteiger charge is -2.08. The van der Waals surface area contributed by atoms with Gasteiger partial charge in [-0.3, -0.25) is 4.79 Å². The summed E-state index contributed by atoms with van der Waals surface area (Å²) in [4.78, 5) is 12.0. The summed E-state index contributed by atoms with van der Waals surface area (Å²) >= 11 is 0. The third-order valence-corrected chi connectivity index (χ3v) is 2.89. The predicted octanol–water partition coefficient (Wildman–Crippen LogP) is 2.71. The van der Waals surface area contributed by atoms with E-state index < -0.39 is 11.2 Å². The van der Waals surface area contributed by atoms with E-state index in [1.165, 1.54) is 12.1 Å². The van der Waals surface area contributed by atoms with Crippen LogP contribution in [0, 0.1) is 22.6 Å². The van der Waals surface area contributed by atoms with Crippen molar-refractivity contribution in [3.8, 4) is 11.8 Å². The van der Waals surface area contributed by atoms with E-state index in [2.05, 4.69) is 0 Å². The molecule has 0 aliphatic heterocycles. The summed E-state index contributed by atoms with van der Waals surface area (Å²) in [6.07, 6.45) is 1.13. The summed E-state index contributed by atoms with van der Waals surface area (Å²) in [5, 5.41) is 8.91. The number of benzene rings is 1. The van der Waals surface area contributed by atoms with Crippen LogP contribution in [0.5, 0.6) is 5.75 Å². The predicted molar refractivity (Wildman–Crippen MR) is 59.2 cm³/mol. The number of halogens is 1. The molecule has 0 radical (unpaired) electrons. The van der Waals surface area contributed by atoms with Gasteiger partial charge in [-0.25, -0.2) is 4.39 Å². The van der Waals surface area contributed by atoms with E-state index >= 15 is 0 Å². The highest BCUT2D eigenvalue weighted by Crippen LogP contribution is 2.47. The maximum absolute atomic E-state index is 13.5. The van der Waals surface area contributed by atoms with E-state index in [9.17, 15) is 9.18 Å². The Kier molecular flexibility index (Phi) is 2.84.